The third-order valence-electron chi connectivity index (χ3n) is 11.1. The maximum atomic E-state index is 3.70. The molecule has 0 bridgehead atoms. The van der Waals surface area contributed by atoms with Gasteiger partial charge in [-0.05, 0) is 139 Å². The number of allylic oxidation sites excluding steroid dienone is 12. The van der Waals surface area contributed by atoms with E-state index >= 15 is 0 Å². The van der Waals surface area contributed by atoms with Gasteiger partial charge in [-0.25, -0.2) is 0 Å². The summed E-state index contributed by atoms with van der Waals surface area (Å²) in [6.07, 6.45) is 18.7. The van der Waals surface area contributed by atoms with E-state index in [0.717, 1.165) is 38.5 Å². The van der Waals surface area contributed by atoms with Gasteiger partial charge >= 0.3 is 0 Å². The molecular weight excluding hydrogens is 627 g/mol. The van der Waals surface area contributed by atoms with Crippen molar-refractivity contribution in [3.63, 3.8) is 0 Å². The van der Waals surface area contributed by atoms with E-state index < -0.39 is 5.41 Å². The monoisotopic (exact) mass is 671 g/mol. The van der Waals surface area contributed by atoms with Gasteiger partial charge in [0.1, 0.15) is 0 Å². The average molecular weight is 672 g/mol. The van der Waals surface area contributed by atoms with E-state index in [1.54, 1.807) is 0 Å². The Bertz CT molecular complexity index is 2400. The molecule has 4 aromatic rings. The summed E-state index contributed by atoms with van der Waals surface area (Å²) in [6.45, 7) is 8.72. The minimum absolute atomic E-state index is 0.398. The highest BCUT2D eigenvalue weighted by Gasteiger charge is 2.54. The number of nitrogens with zero attached hydrogens (tertiary/aromatic N) is 1. The van der Waals surface area contributed by atoms with Gasteiger partial charge in [-0.15, -0.1) is 5.92 Å². The summed E-state index contributed by atoms with van der Waals surface area (Å²) >= 11 is 0. The van der Waals surface area contributed by atoms with Crippen LogP contribution in [0.25, 0.3) is 16.7 Å². The molecule has 0 saturated heterocycles. The van der Waals surface area contributed by atoms with Crippen LogP contribution >= 0.6 is 0 Å². The molecule has 1 heteroatoms. The Hall–Kier alpha value is -5.76. The molecule has 4 aliphatic carbocycles. The van der Waals surface area contributed by atoms with E-state index in [2.05, 4.69) is 165 Å². The summed E-state index contributed by atoms with van der Waals surface area (Å²) in [5, 5.41) is 0. The Morgan fingerprint density at radius 3 is 2.38 bits per heavy atom. The Kier molecular flexibility index (Phi) is 9.05. The highest BCUT2D eigenvalue weighted by molar-refractivity contribution is 6.11. The number of benzene rings is 4. The molecule has 0 aliphatic heterocycles. The van der Waals surface area contributed by atoms with E-state index in [0.29, 0.717) is 0 Å². The Balaban J connectivity index is 1.37. The second-order valence-electron chi connectivity index (χ2n) is 14.3. The van der Waals surface area contributed by atoms with Gasteiger partial charge in [-0.3, -0.25) is 0 Å². The lowest BCUT2D eigenvalue weighted by molar-refractivity contribution is 0.753. The molecule has 0 heterocycles. The molecule has 4 aliphatic rings. The molecule has 52 heavy (non-hydrogen) atoms. The van der Waals surface area contributed by atoms with Crippen molar-refractivity contribution in [2.24, 2.45) is 0 Å². The first kappa shape index (κ1) is 33.4. The van der Waals surface area contributed by atoms with Crippen LogP contribution in [0, 0.1) is 37.5 Å². The fourth-order valence-electron chi connectivity index (χ4n) is 8.95. The van der Waals surface area contributed by atoms with Crippen LogP contribution < -0.4 is 4.90 Å². The molecule has 0 saturated carbocycles. The quantitative estimate of drug-likeness (QED) is 0.133. The molecule has 0 amide bonds. The van der Waals surface area contributed by atoms with Gasteiger partial charge < -0.3 is 4.90 Å². The SMILES string of the molecule is CC#C/C=C\C=C\C1=CC=C(N(c2ccccc2)c2ccc3c(c2)C2(C4=C3C#CCC4)C(c3ccccc3C)=C(CCC)c3ccc(C)cc32)CC1. The summed E-state index contributed by atoms with van der Waals surface area (Å²) in [5.41, 5.74) is 19.8. The van der Waals surface area contributed by atoms with Crippen molar-refractivity contribution >= 4 is 28.1 Å². The van der Waals surface area contributed by atoms with Gasteiger partial charge in [0, 0.05) is 29.1 Å². The van der Waals surface area contributed by atoms with Crippen LogP contribution in [0.2, 0.25) is 0 Å². The minimum atomic E-state index is -0.398. The van der Waals surface area contributed by atoms with E-state index in [1.807, 2.05) is 19.1 Å². The van der Waals surface area contributed by atoms with Crippen molar-refractivity contribution in [2.75, 3.05) is 4.90 Å². The van der Waals surface area contributed by atoms with E-state index in [9.17, 15) is 0 Å². The van der Waals surface area contributed by atoms with Gasteiger partial charge in [0.15, 0.2) is 0 Å². The predicted molar refractivity (Wildman–Crippen MR) is 221 cm³/mol. The molecule has 1 spiro atoms. The van der Waals surface area contributed by atoms with E-state index in [4.69, 9.17) is 0 Å². The van der Waals surface area contributed by atoms with Gasteiger partial charge in [-0.2, -0.15) is 0 Å². The summed E-state index contributed by atoms with van der Waals surface area (Å²) in [6, 6.07) is 34.4. The molecule has 4 aromatic carbocycles. The molecule has 0 fully saturated rings. The number of hydrogen-bond acceptors (Lipinski definition) is 1. The molecule has 1 atom stereocenters. The molecule has 0 radical (unpaired) electrons. The van der Waals surface area contributed by atoms with Crippen LogP contribution in [0.1, 0.15) is 91.3 Å². The van der Waals surface area contributed by atoms with Crippen molar-refractivity contribution in [3.05, 3.63) is 183 Å². The summed E-state index contributed by atoms with van der Waals surface area (Å²) < 4.78 is 0. The smallest absolute Gasteiger partial charge is 0.0698 e. The number of rotatable bonds is 8. The van der Waals surface area contributed by atoms with Crippen molar-refractivity contribution in [1.82, 2.24) is 0 Å². The van der Waals surface area contributed by atoms with E-state index in [-0.39, 0.29) is 0 Å². The zero-order chi connectivity index (χ0) is 35.7. The Morgan fingerprint density at radius 2 is 1.60 bits per heavy atom. The van der Waals surface area contributed by atoms with Crippen molar-refractivity contribution in [1.29, 1.82) is 0 Å². The fraction of sp³-hybridized carbons (Fsp3) is 0.216. The van der Waals surface area contributed by atoms with Crippen molar-refractivity contribution in [3.8, 4) is 23.7 Å². The summed E-state index contributed by atoms with van der Waals surface area (Å²) in [4.78, 5) is 2.49. The molecular formula is C51H45N. The first-order valence-electron chi connectivity index (χ1n) is 18.8. The normalized spacial score (nSPS) is 18.5. The number of anilines is 2. The second-order valence-corrected chi connectivity index (χ2v) is 14.3. The van der Waals surface area contributed by atoms with Crippen LogP contribution in [0.5, 0.6) is 0 Å². The largest absolute Gasteiger partial charge is 0.314 e. The number of para-hydroxylation sites is 1. The lowest BCUT2D eigenvalue weighted by Gasteiger charge is -2.37. The zero-order valence-corrected chi connectivity index (χ0v) is 30.8. The predicted octanol–water partition coefficient (Wildman–Crippen LogP) is 12.8. The Labute approximate surface area is 310 Å². The zero-order valence-electron chi connectivity index (χ0n) is 30.8. The highest BCUT2D eigenvalue weighted by Crippen LogP contribution is 2.66. The number of aryl methyl sites for hydroxylation is 2. The first-order valence-corrected chi connectivity index (χ1v) is 18.8. The maximum Gasteiger partial charge on any atom is 0.0698 e. The van der Waals surface area contributed by atoms with Gasteiger partial charge in [-0.1, -0.05) is 128 Å². The minimum Gasteiger partial charge on any atom is -0.314 e. The van der Waals surface area contributed by atoms with Crippen LogP contribution in [0.4, 0.5) is 11.4 Å². The fourth-order valence-corrected chi connectivity index (χ4v) is 8.95. The van der Waals surface area contributed by atoms with Crippen molar-refractivity contribution in [2.45, 2.75) is 71.6 Å². The average Bonchev–Trinajstić information content (AvgIpc) is 3.62. The van der Waals surface area contributed by atoms with Gasteiger partial charge in [0.2, 0.25) is 0 Å². The van der Waals surface area contributed by atoms with Crippen molar-refractivity contribution < 1.29 is 0 Å². The van der Waals surface area contributed by atoms with Gasteiger partial charge in [0.05, 0.1) is 5.41 Å². The second kappa shape index (κ2) is 14.1. The van der Waals surface area contributed by atoms with Crippen LogP contribution in [0.15, 0.2) is 144 Å². The van der Waals surface area contributed by atoms with Gasteiger partial charge in [0.25, 0.3) is 0 Å². The lowest BCUT2D eigenvalue weighted by Crippen LogP contribution is -2.29. The molecule has 1 unspecified atom stereocenters. The lowest BCUT2D eigenvalue weighted by atomic mass is 9.65. The highest BCUT2D eigenvalue weighted by atomic mass is 15.1. The topological polar surface area (TPSA) is 3.24 Å². The molecule has 254 valence electrons. The molecule has 0 aromatic heterocycles. The first-order chi connectivity index (χ1) is 25.6. The standard InChI is InChI=1S/C51H45N/c1-5-7-8-9-11-20-38-27-29-40(30-28-38)52(39-21-12-10-13-22-39)41-31-33-44-43-24-16-17-25-47(43)51(49(44)35-41)48-34-36(3)26-32-45(48)46(18-6-2)50(51)42-23-15-14-19-37(42)4/h8-15,19-23,26-27,29,31-35H,6,17-18,25,28,30H2,1-4H3/b9-8-,20-11+. The number of hydrogen-bond donors (Lipinski definition) is 0. The third kappa shape index (κ3) is 5.54. The summed E-state index contributed by atoms with van der Waals surface area (Å²) in [5.74, 6) is 13.1. The van der Waals surface area contributed by atoms with E-state index in [1.165, 1.54) is 83.9 Å². The number of fused-ring (bicyclic) bond motifs is 6. The molecule has 1 nitrogen and oxygen atoms in total. The van der Waals surface area contributed by atoms with Crippen LogP contribution in [0.3, 0.4) is 0 Å². The Morgan fingerprint density at radius 1 is 0.788 bits per heavy atom. The summed E-state index contributed by atoms with van der Waals surface area (Å²) in [7, 11) is 0. The molecule has 8 rings (SSSR count). The molecule has 0 N–H and O–H groups in total. The third-order valence-corrected chi connectivity index (χ3v) is 11.1. The maximum absolute atomic E-state index is 3.70. The van der Waals surface area contributed by atoms with Crippen LogP contribution in [-0.4, -0.2) is 0 Å². The van der Waals surface area contributed by atoms with Crippen LogP contribution in [-0.2, 0) is 5.41 Å².